The van der Waals surface area contributed by atoms with E-state index in [1.807, 2.05) is 12.1 Å². The Labute approximate surface area is 64.8 Å². The van der Waals surface area contributed by atoms with Gasteiger partial charge in [-0.1, -0.05) is 6.07 Å². The van der Waals surface area contributed by atoms with Crippen LogP contribution >= 0.6 is 0 Å². The summed E-state index contributed by atoms with van der Waals surface area (Å²) in [6, 6.07) is 3.81. The van der Waals surface area contributed by atoms with Crippen LogP contribution in [0.1, 0.15) is 5.56 Å². The molecule has 1 aromatic rings. The van der Waals surface area contributed by atoms with Crippen LogP contribution in [0.4, 0.5) is 0 Å². The Morgan fingerprint density at radius 1 is 1.64 bits per heavy atom. The molecule has 0 N–H and O–H groups in total. The van der Waals surface area contributed by atoms with Gasteiger partial charge in [0.25, 0.3) is 0 Å². The van der Waals surface area contributed by atoms with Gasteiger partial charge in [0.15, 0.2) is 0 Å². The molecule has 0 radical (unpaired) electrons. The third kappa shape index (κ3) is 2.74. The molecule has 3 heteroatoms. The summed E-state index contributed by atoms with van der Waals surface area (Å²) in [7, 11) is 0. The predicted molar refractivity (Wildman–Crippen MR) is 40.9 cm³/mol. The number of rotatable bonds is 3. The zero-order chi connectivity index (χ0) is 7.94. The molecule has 11 heavy (non-hydrogen) atoms. The maximum atomic E-state index is 9.69. The van der Waals surface area contributed by atoms with E-state index in [9.17, 15) is 4.79 Å². The molecule has 0 aliphatic rings. The first-order valence-electron chi connectivity index (χ1n) is 3.36. The molecule has 3 nitrogen and oxygen atoms in total. The quantitative estimate of drug-likeness (QED) is 0.473. The standard InChI is InChI=1S/C8H8N2O/c11-7-10-5-3-8-2-1-4-9-6-8/h1-2,4,6H,3,5H2. The normalized spacial score (nSPS) is 8.73. The van der Waals surface area contributed by atoms with Gasteiger partial charge >= 0.3 is 0 Å². The summed E-state index contributed by atoms with van der Waals surface area (Å²) in [4.78, 5) is 17.0. The highest BCUT2D eigenvalue weighted by atomic mass is 16.1. The predicted octanol–water partition coefficient (Wildman–Crippen LogP) is 0.960. The van der Waals surface area contributed by atoms with Gasteiger partial charge in [-0.05, 0) is 18.1 Å². The highest BCUT2D eigenvalue weighted by molar-refractivity contribution is 5.32. The minimum Gasteiger partial charge on any atom is -0.264 e. The average Bonchev–Trinajstić information content (AvgIpc) is 2.07. The number of isocyanates is 1. The molecule has 0 fully saturated rings. The lowest BCUT2D eigenvalue weighted by molar-refractivity contribution is 0.563. The molecular formula is C8H8N2O. The van der Waals surface area contributed by atoms with Crippen LogP contribution in [0.5, 0.6) is 0 Å². The maximum absolute atomic E-state index is 9.69. The molecular weight excluding hydrogens is 140 g/mol. The van der Waals surface area contributed by atoms with E-state index in [2.05, 4.69) is 9.98 Å². The molecule has 0 spiro atoms. The van der Waals surface area contributed by atoms with Crippen LogP contribution in [0.15, 0.2) is 29.5 Å². The van der Waals surface area contributed by atoms with E-state index in [0.29, 0.717) is 6.54 Å². The van der Waals surface area contributed by atoms with Gasteiger partial charge in [-0.3, -0.25) is 4.98 Å². The van der Waals surface area contributed by atoms with E-state index in [1.165, 1.54) is 6.08 Å². The van der Waals surface area contributed by atoms with Crippen LogP contribution in [-0.4, -0.2) is 17.6 Å². The molecule has 0 unspecified atom stereocenters. The van der Waals surface area contributed by atoms with Gasteiger partial charge in [0, 0.05) is 12.4 Å². The highest BCUT2D eigenvalue weighted by Gasteiger charge is 1.88. The Balaban J connectivity index is 2.45. The third-order valence-corrected chi connectivity index (χ3v) is 1.30. The summed E-state index contributed by atoms with van der Waals surface area (Å²) < 4.78 is 0. The van der Waals surface area contributed by atoms with E-state index >= 15 is 0 Å². The van der Waals surface area contributed by atoms with Crippen molar-refractivity contribution in [3.63, 3.8) is 0 Å². The van der Waals surface area contributed by atoms with Crippen molar-refractivity contribution >= 4 is 6.08 Å². The maximum Gasteiger partial charge on any atom is 0.234 e. The first-order chi connectivity index (χ1) is 5.43. The third-order valence-electron chi connectivity index (χ3n) is 1.30. The fourth-order valence-electron chi connectivity index (χ4n) is 0.777. The smallest absolute Gasteiger partial charge is 0.234 e. The van der Waals surface area contributed by atoms with Crippen molar-refractivity contribution < 1.29 is 4.79 Å². The number of aliphatic imine (C=N–C) groups is 1. The lowest BCUT2D eigenvalue weighted by Crippen LogP contribution is -1.88. The molecule has 1 rings (SSSR count). The monoisotopic (exact) mass is 148 g/mol. The van der Waals surface area contributed by atoms with Gasteiger partial charge in [0.05, 0.1) is 6.54 Å². The molecule has 0 aromatic carbocycles. The van der Waals surface area contributed by atoms with Gasteiger partial charge in [0.1, 0.15) is 0 Å². The molecule has 0 aliphatic carbocycles. The van der Waals surface area contributed by atoms with Crippen LogP contribution < -0.4 is 0 Å². The minimum atomic E-state index is 0.495. The summed E-state index contributed by atoms with van der Waals surface area (Å²) >= 11 is 0. The lowest BCUT2D eigenvalue weighted by atomic mass is 10.2. The van der Waals surface area contributed by atoms with Crippen LogP contribution in [0.25, 0.3) is 0 Å². The number of hydrogen-bond donors (Lipinski definition) is 0. The Hall–Kier alpha value is -1.47. The van der Waals surface area contributed by atoms with Crippen LogP contribution in [0.3, 0.4) is 0 Å². The Morgan fingerprint density at radius 2 is 2.55 bits per heavy atom. The topological polar surface area (TPSA) is 42.3 Å². The molecule has 0 saturated heterocycles. The van der Waals surface area contributed by atoms with Gasteiger partial charge in [-0.15, -0.1) is 0 Å². The lowest BCUT2D eigenvalue weighted by Gasteiger charge is -1.93. The number of pyridine rings is 1. The molecule has 0 bridgehead atoms. The molecule has 56 valence electrons. The fraction of sp³-hybridized carbons (Fsp3) is 0.250. The zero-order valence-electron chi connectivity index (χ0n) is 6.03. The second-order valence-corrected chi connectivity index (χ2v) is 2.08. The van der Waals surface area contributed by atoms with E-state index in [0.717, 1.165) is 12.0 Å². The van der Waals surface area contributed by atoms with Gasteiger partial charge < -0.3 is 0 Å². The van der Waals surface area contributed by atoms with E-state index in [-0.39, 0.29) is 0 Å². The Bertz CT molecular complexity index is 252. The zero-order valence-corrected chi connectivity index (χ0v) is 6.03. The van der Waals surface area contributed by atoms with Crippen molar-refractivity contribution in [2.24, 2.45) is 4.99 Å². The summed E-state index contributed by atoms with van der Waals surface area (Å²) in [5.41, 5.74) is 1.09. The molecule has 0 saturated carbocycles. The number of nitrogens with zero attached hydrogens (tertiary/aromatic N) is 2. The van der Waals surface area contributed by atoms with Crippen molar-refractivity contribution in [2.45, 2.75) is 6.42 Å². The van der Waals surface area contributed by atoms with Gasteiger partial charge in [0.2, 0.25) is 6.08 Å². The Morgan fingerprint density at radius 3 is 3.18 bits per heavy atom. The summed E-state index contributed by atoms with van der Waals surface area (Å²) in [6.07, 6.45) is 5.72. The molecule has 0 atom stereocenters. The Kier molecular flexibility index (Phi) is 3.03. The SMILES string of the molecule is O=C=NCCc1cccnc1. The van der Waals surface area contributed by atoms with E-state index < -0.39 is 0 Å². The van der Waals surface area contributed by atoms with Crippen molar-refractivity contribution in [3.8, 4) is 0 Å². The first kappa shape index (κ1) is 7.63. The van der Waals surface area contributed by atoms with Crippen LogP contribution in [0.2, 0.25) is 0 Å². The molecule has 0 amide bonds. The minimum absolute atomic E-state index is 0.495. The van der Waals surface area contributed by atoms with Crippen LogP contribution in [-0.2, 0) is 11.2 Å². The summed E-state index contributed by atoms with van der Waals surface area (Å²) in [6.45, 7) is 0.495. The van der Waals surface area contributed by atoms with E-state index in [1.54, 1.807) is 12.4 Å². The van der Waals surface area contributed by atoms with Gasteiger partial charge in [-0.25, -0.2) is 9.79 Å². The fourth-order valence-corrected chi connectivity index (χ4v) is 0.777. The van der Waals surface area contributed by atoms with Crippen molar-refractivity contribution in [2.75, 3.05) is 6.54 Å². The second kappa shape index (κ2) is 4.36. The first-order valence-corrected chi connectivity index (χ1v) is 3.36. The van der Waals surface area contributed by atoms with Crippen molar-refractivity contribution in [1.29, 1.82) is 0 Å². The summed E-state index contributed by atoms with van der Waals surface area (Å²) in [5, 5.41) is 0. The second-order valence-electron chi connectivity index (χ2n) is 2.08. The summed E-state index contributed by atoms with van der Waals surface area (Å²) in [5.74, 6) is 0. The highest BCUT2D eigenvalue weighted by Crippen LogP contribution is 1.95. The number of aromatic nitrogens is 1. The number of hydrogen-bond acceptors (Lipinski definition) is 3. The van der Waals surface area contributed by atoms with Crippen LogP contribution in [0, 0.1) is 0 Å². The largest absolute Gasteiger partial charge is 0.264 e. The molecule has 1 aromatic heterocycles. The van der Waals surface area contributed by atoms with E-state index in [4.69, 9.17) is 0 Å². The van der Waals surface area contributed by atoms with Crippen molar-refractivity contribution in [1.82, 2.24) is 4.98 Å². The molecule has 1 heterocycles. The number of carbonyl (C=O) groups excluding carboxylic acids is 1. The van der Waals surface area contributed by atoms with Crippen molar-refractivity contribution in [3.05, 3.63) is 30.1 Å². The van der Waals surface area contributed by atoms with Gasteiger partial charge in [-0.2, -0.15) is 0 Å². The molecule has 0 aliphatic heterocycles. The average molecular weight is 148 g/mol.